The smallest absolute Gasteiger partial charge is 0.323 e. The fourth-order valence-electron chi connectivity index (χ4n) is 2.09. The number of nitrogens with two attached hydrogens (primary N) is 1. The van der Waals surface area contributed by atoms with Gasteiger partial charge in [-0.05, 0) is 25.3 Å². The molecule has 0 aliphatic carbocycles. The van der Waals surface area contributed by atoms with E-state index in [0.29, 0.717) is 12.8 Å². The molecule has 18 heavy (non-hydrogen) atoms. The highest BCUT2D eigenvalue weighted by molar-refractivity contribution is 5.79. The van der Waals surface area contributed by atoms with Crippen LogP contribution in [-0.2, 0) is 11.2 Å². The Morgan fingerprint density at radius 1 is 1.39 bits per heavy atom. The van der Waals surface area contributed by atoms with Gasteiger partial charge in [0.2, 0.25) is 0 Å². The Morgan fingerprint density at radius 3 is 2.39 bits per heavy atom. The highest BCUT2D eigenvalue weighted by atomic mass is 16.4. The first-order valence-corrected chi connectivity index (χ1v) is 6.00. The zero-order valence-corrected chi connectivity index (χ0v) is 11.0. The number of hydrogen-bond donors (Lipinski definition) is 2. The molecular weight excluding hydrogens is 226 g/mol. The summed E-state index contributed by atoms with van der Waals surface area (Å²) < 4.78 is 0. The molecule has 1 rings (SSSR count). The quantitative estimate of drug-likeness (QED) is 0.759. The molecule has 0 saturated heterocycles. The predicted octanol–water partition coefficient (Wildman–Crippen LogP) is 2.61. The van der Waals surface area contributed by atoms with Gasteiger partial charge in [-0.15, -0.1) is 6.58 Å². The number of allylic oxidation sites excluding steroid dienone is 1. The van der Waals surface area contributed by atoms with Crippen LogP contribution in [0.1, 0.15) is 25.8 Å². The van der Waals surface area contributed by atoms with Gasteiger partial charge in [0.25, 0.3) is 0 Å². The predicted molar refractivity (Wildman–Crippen MR) is 73.3 cm³/mol. The molecule has 3 nitrogen and oxygen atoms in total. The SMILES string of the molecule is C=CCC(C)(Cc1ccccc1)C(C)(N)C(=O)O. The molecule has 0 bridgehead atoms. The summed E-state index contributed by atoms with van der Waals surface area (Å²) in [6.07, 6.45) is 2.90. The number of rotatable bonds is 6. The largest absolute Gasteiger partial charge is 0.480 e. The molecule has 1 aromatic carbocycles. The Bertz CT molecular complexity index is 425. The fourth-order valence-corrected chi connectivity index (χ4v) is 2.09. The van der Waals surface area contributed by atoms with Gasteiger partial charge in [0.1, 0.15) is 5.54 Å². The van der Waals surface area contributed by atoms with Gasteiger partial charge in [0, 0.05) is 5.41 Å². The minimum absolute atomic E-state index is 0.557. The average molecular weight is 247 g/mol. The van der Waals surface area contributed by atoms with E-state index in [1.807, 2.05) is 37.3 Å². The molecule has 0 radical (unpaired) electrons. The third-order valence-electron chi connectivity index (χ3n) is 3.73. The Labute approximate surface area is 108 Å². The van der Waals surface area contributed by atoms with E-state index in [0.717, 1.165) is 5.56 Å². The molecule has 98 valence electrons. The minimum atomic E-state index is -1.29. The van der Waals surface area contributed by atoms with Crippen LogP contribution in [0.3, 0.4) is 0 Å². The average Bonchev–Trinajstić information content (AvgIpc) is 2.30. The van der Waals surface area contributed by atoms with Gasteiger partial charge in [0.05, 0.1) is 0 Å². The minimum Gasteiger partial charge on any atom is -0.480 e. The number of aliphatic carboxylic acids is 1. The summed E-state index contributed by atoms with van der Waals surface area (Å²) in [4.78, 5) is 11.4. The summed E-state index contributed by atoms with van der Waals surface area (Å²) in [7, 11) is 0. The molecule has 2 unspecified atom stereocenters. The van der Waals surface area contributed by atoms with Crippen molar-refractivity contribution in [1.82, 2.24) is 0 Å². The standard InChI is InChI=1S/C15H21NO2/c1-4-10-14(2,15(3,16)13(17)18)11-12-8-6-5-7-9-12/h4-9H,1,10-11,16H2,2-3H3,(H,17,18). The van der Waals surface area contributed by atoms with Crippen LogP contribution in [0.2, 0.25) is 0 Å². The van der Waals surface area contributed by atoms with Crippen LogP contribution in [0, 0.1) is 5.41 Å². The van der Waals surface area contributed by atoms with Crippen LogP contribution in [0.4, 0.5) is 0 Å². The molecule has 3 heteroatoms. The zero-order chi connectivity index (χ0) is 13.8. The maximum absolute atomic E-state index is 11.4. The van der Waals surface area contributed by atoms with E-state index in [2.05, 4.69) is 6.58 Å². The van der Waals surface area contributed by atoms with Gasteiger partial charge in [-0.1, -0.05) is 43.3 Å². The Morgan fingerprint density at radius 2 is 1.94 bits per heavy atom. The van der Waals surface area contributed by atoms with Crippen LogP contribution in [0.25, 0.3) is 0 Å². The summed E-state index contributed by atoms with van der Waals surface area (Å²) in [5.41, 5.74) is 5.25. The van der Waals surface area contributed by atoms with Crippen molar-refractivity contribution < 1.29 is 9.90 Å². The number of carboxylic acid groups (broad SMARTS) is 1. The molecule has 3 N–H and O–H groups in total. The second-order valence-corrected chi connectivity index (χ2v) is 5.22. The van der Waals surface area contributed by atoms with E-state index in [4.69, 9.17) is 5.73 Å². The molecule has 0 aliphatic heterocycles. The maximum Gasteiger partial charge on any atom is 0.323 e. The maximum atomic E-state index is 11.4. The molecule has 0 saturated carbocycles. The first-order chi connectivity index (χ1) is 8.33. The summed E-state index contributed by atoms with van der Waals surface area (Å²) in [5.74, 6) is -0.984. The Kier molecular flexibility index (Phi) is 4.30. The second kappa shape index (κ2) is 5.36. The van der Waals surface area contributed by atoms with E-state index in [1.54, 1.807) is 13.0 Å². The molecule has 0 aliphatic rings. The van der Waals surface area contributed by atoms with Crippen molar-refractivity contribution in [3.63, 3.8) is 0 Å². The van der Waals surface area contributed by atoms with E-state index in [9.17, 15) is 9.90 Å². The van der Waals surface area contributed by atoms with Crippen molar-refractivity contribution in [1.29, 1.82) is 0 Å². The third-order valence-corrected chi connectivity index (χ3v) is 3.73. The summed E-state index contributed by atoms with van der Waals surface area (Å²) >= 11 is 0. The van der Waals surface area contributed by atoms with Crippen molar-refractivity contribution in [3.05, 3.63) is 48.6 Å². The molecular formula is C15H21NO2. The van der Waals surface area contributed by atoms with Gasteiger partial charge < -0.3 is 10.8 Å². The first kappa shape index (κ1) is 14.5. The Balaban J connectivity index is 3.08. The fraction of sp³-hybridized carbons (Fsp3) is 0.400. The van der Waals surface area contributed by atoms with Crippen molar-refractivity contribution in [2.45, 2.75) is 32.2 Å². The lowest BCUT2D eigenvalue weighted by Crippen LogP contribution is -2.58. The highest BCUT2D eigenvalue weighted by Gasteiger charge is 2.46. The van der Waals surface area contributed by atoms with E-state index in [-0.39, 0.29) is 0 Å². The normalized spacial score (nSPS) is 17.5. The molecule has 2 atom stereocenters. The van der Waals surface area contributed by atoms with Gasteiger partial charge >= 0.3 is 5.97 Å². The van der Waals surface area contributed by atoms with Crippen LogP contribution in [0.5, 0.6) is 0 Å². The van der Waals surface area contributed by atoms with Crippen LogP contribution < -0.4 is 5.73 Å². The number of hydrogen-bond acceptors (Lipinski definition) is 2. The van der Waals surface area contributed by atoms with Crippen molar-refractivity contribution in [3.8, 4) is 0 Å². The van der Waals surface area contributed by atoms with Gasteiger partial charge in [-0.2, -0.15) is 0 Å². The molecule has 0 aromatic heterocycles. The zero-order valence-electron chi connectivity index (χ0n) is 11.0. The van der Waals surface area contributed by atoms with Crippen LogP contribution >= 0.6 is 0 Å². The van der Waals surface area contributed by atoms with Gasteiger partial charge in [-0.3, -0.25) is 4.79 Å². The topological polar surface area (TPSA) is 63.3 Å². The lowest BCUT2D eigenvalue weighted by Gasteiger charge is -2.40. The monoisotopic (exact) mass is 247 g/mol. The molecule has 1 aromatic rings. The van der Waals surface area contributed by atoms with Gasteiger partial charge in [0.15, 0.2) is 0 Å². The van der Waals surface area contributed by atoms with E-state index >= 15 is 0 Å². The van der Waals surface area contributed by atoms with Crippen molar-refractivity contribution in [2.24, 2.45) is 11.1 Å². The van der Waals surface area contributed by atoms with Gasteiger partial charge in [-0.25, -0.2) is 0 Å². The summed E-state index contributed by atoms with van der Waals surface area (Å²) in [6.45, 7) is 7.18. The summed E-state index contributed by atoms with van der Waals surface area (Å²) in [5, 5.41) is 9.32. The first-order valence-electron chi connectivity index (χ1n) is 6.00. The molecule has 0 heterocycles. The van der Waals surface area contributed by atoms with Crippen molar-refractivity contribution in [2.75, 3.05) is 0 Å². The van der Waals surface area contributed by atoms with Crippen molar-refractivity contribution >= 4 is 5.97 Å². The number of carboxylic acids is 1. The Hall–Kier alpha value is -1.61. The second-order valence-electron chi connectivity index (χ2n) is 5.22. The summed E-state index contributed by atoms with van der Waals surface area (Å²) in [6, 6.07) is 9.79. The number of benzene rings is 1. The lowest BCUT2D eigenvalue weighted by molar-refractivity contribution is -0.147. The van der Waals surface area contributed by atoms with E-state index in [1.165, 1.54) is 0 Å². The third kappa shape index (κ3) is 2.79. The van der Waals surface area contributed by atoms with Crippen LogP contribution in [-0.4, -0.2) is 16.6 Å². The molecule has 0 amide bonds. The molecule has 0 spiro atoms. The van der Waals surface area contributed by atoms with E-state index < -0.39 is 16.9 Å². The molecule has 0 fully saturated rings. The lowest BCUT2D eigenvalue weighted by atomic mass is 9.66. The highest BCUT2D eigenvalue weighted by Crippen LogP contribution is 2.37. The number of carbonyl (C=O) groups is 1. The van der Waals surface area contributed by atoms with Crippen LogP contribution in [0.15, 0.2) is 43.0 Å².